The van der Waals surface area contributed by atoms with E-state index in [0.717, 1.165) is 31.4 Å². The number of aromatic nitrogens is 2. The van der Waals surface area contributed by atoms with Gasteiger partial charge in [0, 0.05) is 37.4 Å². The first-order valence-electron chi connectivity index (χ1n) is 11.6. The van der Waals surface area contributed by atoms with Crippen LogP contribution in [0.1, 0.15) is 37.5 Å². The molecule has 0 bridgehead atoms. The lowest BCUT2D eigenvalue weighted by molar-refractivity contribution is 0.184. The van der Waals surface area contributed by atoms with E-state index in [4.69, 9.17) is 4.52 Å². The third kappa shape index (κ3) is 4.69. The summed E-state index contributed by atoms with van der Waals surface area (Å²) in [5, 5.41) is 7.02. The summed E-state index contributed by atoms with van der Waals surface area (Å²) in [6, 6.07) is 15.8. The standard InChI is InChI=1S/C24H27N5O4S/c30-24(25-20-8-2-1-3-9-20)28-14-6-7-19(17-28)23-26-22(27-33-23)18-10-12-21(13-11-18)34(31,32)29-15-4-5-16-29/h1-3,8-13,19H,4-7,14-17H2,(H,25,30). The van der Waals surface area contributed by atoms with Gasteiger partial charge >= 0.3 is 6.03 Å². The molecule has 1 atom stereocenters. The van der Waals surface area contributed by atoms with Crippen molar-refractivity contribution in [1.82, 2.24) is 19.3 Å². The predicted molar refractivity (Wildman–Crippen MR) is 127 cm³/mol. The van der Waals surface area contributed by atoms with E-state index in [9.17, 15) is 13.2 Å². The van der Waals surface area contributed by atoms with E-state index in [1.54, 1.807) is 29.2 Å². The number of carbonyl (C=O) groups is 1. The number of amides is 2. The molecule has 3 aromatic rings. The zero-order chi connectivity index (χ0) is 23.5. The van der Waals surface area contributed by atoms with Crippen LogP contribution in [0.4, 0.5) is 10.5 Å². The monoisotopic (exact) mass is 481 g/mol. The highest BCUT2D eigenvalue weighted by atomic mass is 32.2. The predicted octanol–water partition coefficient (Wildman–Crippen LogP) is 3.93. The second-order valence-corrected chi connectivity index (χ2v) is 10.6. The van der Waals surface area contributed by atoms with Gasteiger partial charge in [-0.1, -0.05) is 23.4 Å². The van der Waals surface area contributed by atoms with Crippen molar-refractivity contribution < 1.29 is 17.7 Å². The van der Waals surface area contributed by atoms with Gasteiger partial charge < -0.3 is 14.7 Å². The summed E-state index contributed by atoms with van der Waals surface area (Å²) in [6.45, 7) is 2.30. The van der Waals surface area contributed by atoms with Crippen LogP contribution in [0.15, 0.2) is 64.0 Å². The minimum Gasteiger partial charge on any atom is -0.339 e. The van der Waals surface area contributed by atoms with Gasteiger partial charge in [0.15, 0.2) is 0 Å². The fraction of sp³-hybridized carbons (Fsp3) is 0.375. The molecule has 9 nitrogen and oxygen atoms in total. The average Bonchev–Trinajstić information content (AvgIpc) is 3.58. The number of urea groups is 1. The Morgan fingerprint density at radius 1 is 0.971 bits per heavy atom. The molecule has 2 aliphatic heterocycles. The zero-order valence-corrected chi connectivity index (χ0v) is 19.6. The molecular weight excluding hydrogens is 454 g/mol. The number of sulfonamides is 1. The molecule has 10 heteroatoms. The van der Waals surface area contributed by atoms with E-state index in [-0.39, 0.29) is 16.8 Å². The molecule has 5 rings (SSSR count). The first-order valence-corrected chi connectivity index (χ1v) is 13.0. The molecule has 1 unspecified atom stereocenters. The molecule has 0 saturated carbocycles. The molecule has 3 heterocycles. The molecule has 2 amide bonds. The molecule has 178 valence electrons. The van der Waals surface area contributed by atoms with Crippen molar-refractivity contribution in [2.24, 2.45) is 0 Å². The second-order valence-electron chi connectivity index (χ2n) is 8.67. The summed E-state index contributed by atoms with van der Waals surface area (Å²) in [6.07, 6.45) is 3.49. The summed E-state index contributed by atoms with van der Waals surface area (Å²) in [7, 11) is -3.46. The number of nitrogens with one attached hydrogen (secondary N) is 1. The van der Waals surface area contributed by atoms with Crippen LogP contribution < -0.4 is 5.32 Å². The molecule has 2 aromatic carbocycles. The number of piperidine rings is 1. The molecule has 2 saturated heterocycles. The lowest BCUT2D eigenvalue weighted by Gasteiger charge is -2.31. The SMILES string of the molecule is O=C(Nc1ccccc1)N1CCCC(c2nc(-c3ccc(S(=O)(=O)N4CCCC4)cc3)no2)C1. The van der Waals surface area contributed by atoms with Gasteiger partial charge in [-0.2, -0.15) is 9.29 Å². The Labute approximate surface area is 198 Å². The minimum atomic E-state index is -3.46. The Hall–Kier alpha value is -3.24. The van der Waals surface area contributed by atoms with Crippen LogP contribution >= 0.6 is 0 Å². The topological polar surface area (TPSA) is 109 Å². The highest BCUT2D eigenvalue weighted by Crippen LogP contribution is 2.29. The van der Waals surface area contributed by atoms with E-state index < -0.39 is 10.0 Å². The molecule has 0 aliphatic carbocycles. The smallest absolute Gasteiger partial charge is 0.321 e. The van der Waals surface area contributed by atoms with Gasteiger partial charge in [-0.3, -0.25) is 0 Å². The Morgan fingerprint density at radius 3 is 2.44 bits per heavy atom. The van der Waals surface area contributed by atoms with Gasteiger partial charge in [0.1, 0.15) is 0 Å². The number of para-hydroxylation sites is 1. The maximum Gasteiger partial charge on any atom is 0.321 e. The molecule has 0 spiro atoms. The quantitative estimate of drug-likeness (QED) is 0.591. The Balaban J connectivity index is 1.26. The van der Waals surface area contributed by atoms with E-state index in [0.29, 0.717) is 43.5 Å². The van der Waals surface area contributed by atoms with Gasteiger partial charge in [0.05, 0.1) is 10.8 Å². The lowest BCUT2D eigenvalue weighted by atomic mass is 9.98. The van der Waals surface area contributed by atoms with Crippen molar-refractivity contribution in [3.8, 4) is 11.4 Å². The first-order chi connectivity index (χ1) is 16.5. The number of hydrogen-bond donors (Lipinski definition) is 1. The average molecular weight is 482 g/mol. The van der Waals surface area contributed by atoms with E-state index in [1.165, 1.54) is 4.31 Å². The van der Waals surface area contributed by atoms with Gasteiger partial charge in [-0.15, -0.1) is 0 Å². The summed E-state index contributed by atoms with van der Waals surface area (Å²) >= 11 is 0. The maximum absolute atomic E-state index is 12.7. The Bertz CT molecular complexity index is 1240. The summed E-state index contributed by atoms with van der Waals surface area (Å²) in [5.41, 5.74) is 1.44. The van der Waals surface area contributed by atoms with Crippen LogP contribution in [-0.2, 0) is 10.0 Å². The third-order valence-electron chi connectivity index (χ3n) is 6.34. The van der Waals surface area contributed by atoms with E-state index in [1.807, 2.05) is 30.3 Å². The lowest BCUT2D eigenvalue weighted by Crippen LogP contribution is -2.41. The number of likely N-dealkylation sites (tertiary alicyclic amines) is 1. The van der Waals surface area contributed by atoms with E-state index in [2.05, 4.69) is 15.5 Å². The molecule has 0 radical (unpaired) electrons. The second kappa shape index (κ2) is 9.55. The van der Waals surface area contributed by atoms with Crippen LogP contribution in [0.25, 0.3) is 11.4 Å². The number of benzene rings is 2. The Kier molecular flexibility index (Phi) is 6.34. The summed E-state index contributed by atoms with van der Waals surface area (Å²) in [5.74, 6) is 0.846. The minimum absolute atomic E-state index is 0.0497. The maximum atomic E-state index is 12.7. The molecule has 34 heavy (non-hydrogen) atoms. The first kappa shape index (κ1) is 22.5. The molecule has 1 aromatic heterocycles. The zero-order valence-electron chi connectivity index (χ0n) is 18.8. The van der Waals surface area contributed by atoms with Crippen molar-refractivity contribution >= 4 is 21.7 Å². The third-order valence-corrected chi connectivity index (χ3v) is 8.25. The summed E-state index contributed by atoms with van der Waals surface area (Å²) in [4.78, 5) is 19.3. The van der Waals surface area contributed by atoms with Crippen LogP contribution in [0, 0.1) is 0 Å². The van der Waals surface area contributed by atoms with Crippen LogP contribution in [0.5, 0.6) is 0 Å². The Morgan fingerprint density at radius 2 is 1.71 bits per heavy atom. The van der Waals surface area contributed by atoms with Crippen molar-refractivity contribution in [1.29, 1.82) is 0 Å². The molecular formula is C24H27N5O4S. The highest BCUT2D eigenvalue weighted by molar-refractivity contribution is 7.89. The number of hydrogen-bond acceptors (Lipinski definition) is 6. The van der Waals surface area contributed by atoms with Crippen molar-refractivity contribution in [3.05, 3.63) is 60.5 Å². The van der Waals surface area contributed by atoms with Crippen LogP contribution in [0.3, 0.4) is 0 Å². The molecule has 2 aliphatic rings. The number of nitrogens with zero attached hydrogens (tertiary/aromatic N) is 4. The number of rotatable bonds is 5. The fourth-order valence-corrected chi connectivity index (χ4v) is 5.98. The van der Waals surface area contributed by atoms with Crippen molar-refractivity contribution in [2.75, 3.05) is 31.5 Å². The molecule has 2 fully saturated rings. The fourth-order valence-electron chi connectivity index (χ4n) is 4.46. The van der Waals surface area contributed by atoms with Crippen LogP contribution in [0.2, 0.25) is 0 Å². The number of anilines is 1. The van der Waals surface area contributed by atoms with Crippen molar-refractivity contribution in [3.63, 3.8) is 0 Å². The van der Waals surface area contributed by atoms with E-state index >= 15 is 0 Å². The van der Waals surface area contributed by atoms with Gasteiger partial charge in [-0.25, -0.2) is 13.2 Å². The van der Waals surface area contributed by atoms with Gasteiger partial charge in [-0.05, 0) is 62.1 Å². The highest BCUT2D eigenvalue weighted by Gasteiger charge is 2.30. The summed E-state index contributed by atoms with van der Waals surface area (Å²) < 4.78 is 32.5. The van der Waals surface area contributed by atoms with Crippen LogP contribution in [-0.4, -0.2) is 60.0 Å². The number of carbonyl (C=O) groups excluding carboxylic acids is 1. The van der Waals surface area contributed by atoms with Crippen molar-refractivity contribution in [2.45, 2.75) is 36.5 Å². The molecule has 1 N–H and O–H groups in total. The van der Waals surface area contributed by atoms with Gasteiger partial charge in [0.25, 0.3) is 0 Å². The normalized spacial score (nSPS) is 19.3. The largest absolute Gasteiger partial charge is 0.339 e. The van der Waals surface area contributed by atoms with Gasteiger partial charge in [0.2, 0.25) is 21.7 Å².